The maximum Gasteiger partial charge on any atom is 0.181 e. The van der Waals surface area contributed by atoms with E-state index in [-0.39, 0.29) is 0 Å². The van der Waals surface area contributed by atoms with Crippen molar-refractivity contribution in [3.05, 3.63) is 23.3 Å². The molecule has 0 fully saturated rings. The fourth-order valence-corrected chi connectivity index (χ4v) is 2.13. The Morgan fingerprint density at radius 2 is 2.31 bits per heavy atom. The lowest BCUT2D eigenvalue weighted by atomic mass is 10.1. The van der Waals surface area contributed by atoms with Crippen molar-refractivity contribution in [3.63, 3.8) is 0 Å². The number of hydrogen-bond acceptors (Lipinski definition) is 4. The summed E-state index contributed by atoms with van der Waals surface area (Å²) in [5, 5.41) is 9.28. The van der Waals surface area contributed by atoms with Crippen LogP contribution in [0.1, 0.15) is 11.1 Å². The molecule has 2 rings (SSSR count). The first kappa shape index (κ1) is 8.02. The van der Waals surface area contributed by atoms with Crippen LogP contribution in [0.3, 0.4) is 0 Å². The highest BCUT2D eigenvalue weighted by atomic mass is 32.1. The second-order valence-electron chi connectivity index (χ2n) is 2.80. The summed E-state index contributed by atoms with van der Waals surface area (Å²) in [4.78, 5) is 4.17. The maximum atomic E-state index is 8.73. The highest BCUT2D eigenvalue weighted by Gasteiger charge is 2.05. The highest BCUT2D eigenvalue weighted by Crippen LogP contribution is 2.27. The second-order valence-corrected chi connectivity index (χ2v) is 3.87. The van der Waals surface area contributed by atoms with Crippen molar-refractivity contribution in [3.8, 4) is 6.07 Å². The molecule has 1 heterocycles. The number of rotatable bonds is 0. The van der Waals surface area contributed by atoms with Crippen molar-refractivity contribution in [1.29, 1.82) is 5.26 Å². The summed E-state index contributed by atoms with van der Waals surface area (Å²) < 4.78 is 0.981. The van der Waals surface area contributed by atoms with E-state index in [1.165, 1.54) is 11.3 Å². The SMILES string of the molecule is Cc1cc(C#N)cc2sc(N)nc12. The van der Waals surface area contributed by atoms with Crippen LogP contribution in [0.4, 0.5) is 5.13 Å². The standard InChI is InChI=1S/C9H7N3S/c1-5-2-6(4-10)3-7-8(5)12-9(11)13-7/h2-3H,1H3,(H2,11,12). The topological polar surface area (TPSA) is 62.7 Å². The zero-order chi connectivity index (χ0) is 9.42. The Bertz CT molecular complexity index is 507. The van der Waals surface area contributed by atoms with Crippen LogP contribution in [-0.4, -0.2) is 4.98 Å². The van der Waals surface area contributed by atoms with E-state index >= 15 is 0 Å². The van der Waals surface area contributed by atoms with E-state index in [1.807, 2.05) is 19.1 Å². The predicted octanol–water partition coefficient (Wildman–Crippen LogP) is 2.06. The average molecular weight is 189 g/mol. The van der Waals surface area contributed by atoms with Gasteiger partial charge in [0.2, 0.25) is 0 Å². The third-order valence-electron chi connectivity index (χ3n) is 1.83. The van der Waals surface area contributed by atoms with Gasteiger partial charge in [-0.1, -0.05) is 11.3 Å². The van der Waals surface area contributed by atoms with Gasteiger partial charge in [-0.25, -0.2) is 4.98 Å². The molecule has 0 saturated heterocycles. The van der Waals surface area contributed by atoms with Gasteiger partial charge in [-0.3, -0.25) is 0 Å². The lowest BCUT2D eigenvalue weighted by molar-refractivity contribution is 1.41. The molecule has 0 aliphatic carbocycles. The van der Waals surface area contributed by atoms with Gasteiger partial charge in [0.1, 0.15) is 0 Å². The van der Waals surface area contributed by atoms with Crippen LogP contribution in [0, 0.1) is 18.3 Å². The first-order valence-corrected chi connectivity index (χ1v) is 4.59. The Morgan fingerprint density at radius 3 is 3.00 bits per heavy atom. The molecular weight excluding hydrogens is 182 g/mol. The molecular formula is C9H7N3S. The molecule has 0 radical (unpaired) electrons. The van der Waals surface area contributed by atoms with Gasteiger partial charge in [0.15, 0.2) is 5.13 Å². The molecule has 64 valence electrons. The molecule has 0 amide bonds. The summed E-state index contributed by atoms with van der Waals surface area (Å²) >= 11 is 1.41. The summed E-state index contributed by atoms with van der Waals surface area (Å²) in [5.41, 5.74) is 8.14. The molecule has 3 nitrogen and oxygen atoms in total. The maximum absolute atomic E-state index is 8.73. The Balaban J connectivity index is 2.85. The zero-order valence-corrected chi connectivity index (χ0v) is 7.85. The van der Waals surface area contributed by atoms with Crippen molar-refractivity contribution >= 4 is 26.7 Å². The normalized spacial score (nSPS) is 10.2. The quantitative estimate of drug-likeness (QED) is 0.690. The molecule has 4 heteroatoms. The number of nitrogen functional groups attached to an aromatic ring is 1. The second kappa shape index (κ2) is 2.71. The van der Waals surface area contributed by atoms with Gasteiger partial charge in [-0.15, -0.1) is 0 Å². The van der Waals surface area contributed by atoms with Crippen LogP contribution in [-0.2, 0) is 0 Å². The van der Waals surface area contributed by atoms with Crippen molar-refractivity contribution in [1.82, 2.24) is 4.98 Å². The van der Waals surface area contributed by atoms with Gasteiger partial charge in [0.25, 0.3) is 0 Å². The first-order valence-electron chi connectivity index (χ1n) is 3.77. The number of aryl methyl sites for hydroxylation is 1. The van der Waals surface area contributed by atoms with Gasteiger partial charge >= 0.3 is 0 Å². The molecule has 0 unspecified atom stereocenters. The first-order chi connectivity index (χ1) is 6.20. The zero-order valence-electron chi connectivity index (χ0n) is 7.03. The van der Waals surface area contributed by atoms with E-state index in [2.05, 4.69) is 11.1 Å². The van der Waals surface area contributed by atoms with Crippen molar-refractivity contribution in [2.75, 3.05) is 5.73 Å². The molecule has 2 aromatic rings. The molecule has 0 bridgehead atoms. The number of nitrogens with zero attached hydrogens (tertiary/aromatic N) is 2. The third kappa shape index (κ3) is 1.23. The minimum absolute atomic E-state index is 0.549. The third-order valence-corrected chi connectivity index (χ3v) is 2.66. The molecule has 0 aliphatic rings. The molecule has 2 N–H and O–H groups in total. The van der Waals surface area contributed by atoms with Gasteiger partial charge in [0, 0.05) is 0 Å². The molecule has 1 aromatic heterocycles. The van der Waals surface area contributed by atoms with Crippen molar-refractivity contribution in [2.24, 2.45) is 0 Å². The van der Waals surface area contributed by atoms with Crippen LogP contribution < -0.4 is 5.73 Å². The Morgan fingerprint density at radius 1 is 1.54 bits per heavy atom. The van der Waals surface area contributed by atoms with E-state index in [1.54, 1.807) is 0 Å². The monoisotopic (exact) mass is 189 g/mol. The average Bonchev–Trinajstić information content (AvgIpc) is 2.46. The Hall–Kier alpha value is -1.60. The van der Waals surface area contributed by atoms with Crippen LogP contribution in [0.15, 0.2) is 12.1 Å². The van der Waals surface area contributed by atoms with Gasteiger partial charge in [-0.05, 0) is 24.6 Å². The van der Waals surface area contributed by atoms with Gasteiger partial charge < -0.3 is 5.73 Å². The van der Waals surface area contributed by atoms with E-state index in [0.29, 0.717) is 10.7 Å². The number of nitriles is 1. The molecule has 1 aromatic carbocycles. The van der Waals surface area contributed by atoms with Crippen LogP contribution in [0.25, 0.3) is 10.2 Å². The highest BCUT2D eigenvalue weighted by molar-refractivity contribution is 7.22. The molecule has 0 spiro atoms. The van der Waals surface area contributed by atoms with E-state index < -0.39 is 0 Å². The summed E-state index contributed by atoms with van der Waals surface area (Å²) in [6.45, 7) is 1.93. The molecule has 0 aliphatic heterocycles. The van der Waals surface area contributed by atoms with E-state index in [4.69, 9.17) is 11.0 Å². The number of nitrogens with two attached hydrogens (primary N) is 1. The van der Waals surface area contributed by atoms with Crippen LogP contribution in [0.2, 0.25) is 0 Å². The number of anilines is 1. The minimum atomic E-state index is 0.549. The lowest BCUT2D eigenvalue weighted by Gasteiger charge is -1.94. The fraction of sp³-hybridized carbons (Fsp3) is 0.111. The number of thiazole rings is 1. The number of hydrogen-bond donors (Lipinski definition) is 1. The number of benzene rings is 1. The molecule has 0 atom stereocenters. The summed E-state index contributed by atoms with van der Waals surface area (Å²) in [6, 6.07) is 5.74. The fourth-order valence-electron chi connectivity index (χ4n) is 1.28. The van der Waals surface area contributed by atoms with Gasteiger partial charge in [-0.2, -0.15) is 5.26 Å². The smallest absolute Gasteiger partial charge is 0.181 e. The van der Waals surface area contributed by atoms with Crippen molar-refractivity contribution in [2.45, 2.75) is 6.92 Å². The lowest BCUT2D eigenvalue weighted by Crippen LogP contribution is -1.82. The number of aromatic nitrogens is 1. The Labute approximate surface area is 79.4 Å². The van der Waals surface area contributed by atoms with Crippen LogP contribution in [0.5, 0.6) is 0 Å². The minimum Gasteiger partial charge on any atom is -0.375 e. The molecule has 0 saturated carbocycles. The Kier molecular flexibility index (Phi) is 1.67. The summed E-state index contributed by atoms with van der Waals surface area (Å²) in [5.74, 6) is 0. The summed E-state index contributed by atoms with van der Waals surface area (Å²) in [6.07, 6.45) is 0. The van der Waals surface area contributed by atoms with E-state index in [0.717, 1.165) is 15.8 Å². The summed E-state index contributed by atoms with van der Waals surface area (Å²) in [7, 11) is 0. The number of fused-ring (bicyclic) bond motifs is 1. The van der Waals surface area contributed by atoms with E-state index in [9.17, 15) is 0 Å². The molecule has 13 heavy (non-hydrogen) atoms. The van der Waals surface area contributed by atoms with Crippen LogP contribution >= 0.6 is 11.3 Å². The van der Waals surface area contributed by atoms with Crippen molar-refractivity contribution < 1.29 is 0 Å². The van der Waals surface area contributed by atoms with Gasteiger partial charge in [0.05, 0.1) is 21.8 Å². The largest absolute Gasteiger partial charge is 0.375 e. The predicted molar refractivity (Wildman–Crippen MR) is 53.5 cm³/mol.